The Kier molecular flexibility index (Phi) is 3.68. The maximum absolute atomic E-state index is 14.3. The van der Waals surface area contributed by atoms with Crippen molar-refractivity contribution in [1.29, 1.82) is 0 Å². The smallest absolute Gasteiger partial charge is 0.186 e. The van der Waals surface area contributed by atoms with Crippen LogP contribution >= 0.6 is 0 Å². The summed E-state index contributed by atoms with van der Waals surface area (Å²) >= 11 is 0. The quantitative estimate of drug-likeness (QED) is 0.749. The molecule has 1 aromatic carbocycles. The summed E-state index contributed by atoms with van der Waals surface area (Å²) in [7, 11) is 0. The second-order valence-electron chi connectivity index (χ2n) is 6.72. The fourth-order valence-corrected chi connectivity index (χ4v) is 3.69. The highest BCUT2D eigenvalue weighted by atomic mass is 19.1. The van der Waals surface area contributed by atoms with E-state index < -0.39 is 5.82 Å². The van der Waals surface area contributed by atoms with Gasteiger partial charge in [-0.3, -0.25) is 0 Å². The Balaban J connectivity index is 1.67. The Morgan fingerprint density at radius 3 is 2.84 bits per heavy atom. The lowest BCUT2D eigenvalue weighted by Crippen LogP contribution is -2.37. The maximum atomic E-state index is 14.3. The number of nitrogens with zero attached hydrogens (tertiary/aromatic N) is 2. The predicted octanol–water partition coefficient (Wildman–Crippen LogP) is 4.49. The second-order valence-corrected chi connectivity index (χ2v) is 6.72. The standard InChI is InChI=1S/C21H20F2N2/c1-3-15(2)25-14-17(8-9-21(25)10-11-21)24-12-4-5-20(24)18-13-16(22)6-7-19(18)23/h3,6-9,13-14,20H,4-5,12H2,1-2H3/b15-3-. The van der Waals surface area contributed by atoms with Crippen LogP contribution in [0, 0.1) is 23.5 Å². The molecule has 1 fully saturated rings. The van der Waals surface area contributed by atoms with Gasteiger partial charge in [0, 0.05) is 24.0 Å². The first-order valence-corrected chi connectivity index (χ1v) is 8.63. The molecule has 0 N–H and O–H groups in total. The van der Waals surface area contributed by atoms with Crippen LogP contribution in [0.1, 0.15) is 38.3 Å². The van der Waals surface area contributed by atoms with Gasteiger partial charge in [0.25, 0.3) is 0 Å². The lowest BCUT2D eigenvalue weighted by atomic mass is 10.0. The molecule has 0 radical (unpaired) electrons. The lowest BCUT2D eigenvalue weighted by molar-refractivity contribution is 0.305. The fraction of sp³-hybridized carbons (Fsp3) is 0.333. The molecule has 2 heterocycles. The SMILES string of the molecule is C/C=C(/C)N1C=C(N2CCCC2c2cc(F)ccc2F)C=CC12C#C2. The van der Waals surface area contributed by atoms with Gasteiger partial charge in [-0.05, 0) is 57.0 Å². The molecule has 1 unspecified atom stereocenters. The van der Waals surface area contributed by atoms with Gasteiger partial charge in [0.1, 0.15) is 11.6 Å². The summed E-state index contributed by atoms with van der Waals surface area (Å²) in [5.74, 6) is 5.58. The summed E-state index contributed by atoms with van der Waals surface area (Å²) in [6.07, 6.45) is 9.99. The molecule has 0 aromatic heterocycles. The monoisotopic (exact) mass is 338 g/mol. The molecule has 1 aromatic rings. The first-order chi connectivity index (χ1) is 12.0. The molecule has 1 spiro atoms. The highest BCUT2D eigenvalue weighted by Crippen LogP contribution is 2.40. The Labute approximate surface area is 147 Å². The van der Waals surface area contributed by atoms with Crippen molar-refractivity contribution in [1.82, 2.24) is 9.80 Å². The molecule has 1 atom stereocenters. The summed E-state index contributed by atoms with van der Waals surface area (Å²) in [6, 6.07) is 3.57. The number of rotatable bonds is 3. The first-order valence-electron chi connectivity index (χ1n) is 8.63. The van der Waals surface area contributed by atoms with Crippen molar-refractivity contribution in [3.05, 3.63) is 71.2 Å². The van der Waals surface area contributed by atoms with Gasteiger partial charge in [-0.25, -0.2) is 8.78 Å². The van der Waals surface area contributed by atoms with Gasteiger partial charge in [0.2, 0.25) is 0 Å². The van der Waals surface area contributed by atoms with Crippen molar-refractivity contribution in [3.63, 3.8) is 0 Å². The van der Waals surface area contributed by atoms with E-state index in [9.17, 15) is 8.78 Å². The molecule has 4 heteroatoms. The third kappa shape index (κ3) is 2.64. The largest absolute Gasteiger partial charge is 0.363 e. The van der Waals surface area contributed by atoms with Crippen molar-refractivity contribution in [3.8, 4) is 11.8 Å². The molecule has 4 rings (SSSR count). The van der Waals surface area contributed by atoms with E-state index in [2.05, 4.69) is 33.9 Å². The Hall–Kier alpha value is -2.54. The average Bonchev–Trinajstić information content (AvgIpc) is 3.21. The molecule has 2 aliphatic heterocycles. The zero-order valence-corrected chi connectivity index (χ0v) is 14.4. The third-order valence-corrected chi connectivity index (χ3v) is 5.22. The molecule has 1 saturated heterocycles. The normalized spacial score (nSPS) is 23.6. The molecule has 0 bridgehead atoms. The zero-order valence-electron chi connectivity index (χ0n) is 14.4. The zero-order chi connectivity index (χ0) is 17.6. The topological polar surface area (TPSA) is 6.48 Å². The first kappa shape index (κ1) is 16.0. The van der Waals surface area contributed by atoms with Gasteiger partial charge in [-0.1, -0.05) is 17.9 Å². The number of allylic oxidation sites excluding steroid dienone is 3. The lowest BCUT2D eigenvalue weighted by Gasteiger charge is -2.36. The van der Waals surface area contributed by atoms with Crippen LogP contribution in [0.4, 0.5) is 8.78 Å². The van der Waals surface area contributed by atoms with Crippen molar-refractivity contribution in [2.24, 2.45) is 0 Å². The Morgan fingerprint density at radius 2 is 2.12 bits per heavy atom. The van der Waals surface area contributed by atoms with E-state index in [1.54, 1.807) is 0 Å². The van der Waals surface area contributed by atoms with Gasteiger partial charge < -0.3 is 9.80 Å². The number of hydrogen-bond acceptors (Lipinski definition) is 2. The minimum Gasteiger partial charge on any atom is -0.363 e. The van der Waals surface area contributed by atoms with Crippen LogP contribution in [0.25, 0.3) is 0 Å². The summed E-state index contributed by atoms with van der Waals surface area (Å²) in [5.41, 5.74) is 2.18. The highest BCUT2D eigenvalue weighted by Gasteiger charge is 2.41. The van der Waals surface area contributed by atoms with E-state index in [0.29, 0.717) is 5.56 Å². The summed E-state index contributed by atoms with van der Waals surface area (Å²) in [4.78, 5) is 4.29. The van der Waals surface area contributed by atoms with Crippen molar-refractivity contribution >= 4 is 0 Å². The molecule has 25 heavy (non-hydrogen) atoms. The van der Waals surface area contributed by atoms with Crippen LogP contribution in [0.15, 0.2) is 54.0 Å². The van der Waals surface area contributed by atoms with E-state index in [1.165, 1.54) is 18.2 Å². The van der Waals surface area contributed by atoms with E-state index in [0.717, 1.165) is 30.8 Å². The van der Waals surface area contributed by atoms with Crippen LogP contribution in [0.5, 0.6) is 0 Å². The highest BCUT2D eigenvalue weighted by molar-refractivity contribution is 5.59. The van der Waals surface area contributed by atoms with Crippen molar-refractivity contribution in [2.45, 2.75) is 38.3 Å². The van der Waals surface area contributed by atoms with Crippen LogP contribution in [-0.2, 0) is 0 Å². The van der Waals surface area contributed by atoms with Crippen molar-refractivity contribution < 1.29 is 8.78 Å². The van der Waals surface area contributed by atoms with E-state index in [-0.39, 0.29) is 17.4 Å². The van der Waals surface area contributed by atoms with Gasteiger partial charge in [0.15, 0.2) is 5.54 Å². The molecule has 1 aliphatic carbocycles. The number of benzene rings is 1. The second kappa shape index (κ2) is 5.77. The molecule has 0 saturated carbocycles. The van der Waals surface area contributed by atoms with Crippen LogP contribution in [-0.4, -0.2) is 21.9 Å². The van der Waals surface area contributed by atoms with Crippen LogP contribution in [0.2, 0.25) is 0 Å². The number of likely N-dealkylation sites (tertiary alicyclic amines) is 1. The fourth-order valence-electron chi connectivity index (χ4n) is 3.69. The number of halogens is 2. The molecule has 3 aliphatic rings. The Bertz CT molecular complexity index is 862. The van der Waals surface area contributed by atoms with Crippen molar-refractivity contribution in [2.75, 3.05) is 6.54 Å². The van der Waals surface area contributed by atoms with Gasteiger partial charge in [0.05, 0.1) is 11.7 Å². The van der Waals surface area contributed by atoms with Gasteiger partial charge in [-0.2, -0.15) is 0 Å². The van der Waals surface area contributed by atoms with Gasteiger partial charge in [-0.15, -0.1) is 0 Å². The Morgan fingerprint density at radius 1 is 1.32 bits per heavy atom. The van der Waals surface area contributed by atoms with E-state index in [4.69, 9.17) is 0 Å². The summed E-state index contributed by atoms with van der Waals surface area (Å²) in [5, 5.41) is 0. The molecule has 0 amide bonds. The average molecular weight is 338 g/mol. The molecule has 128 valence electrons. The van der Waals surface area contributed by atoms with Crippen LogP contribution < -0.4 is 0 Å². The predicted molar refractivity (Wildman–Crippen MR) is 94.0 cm³/mol. The molecular weight excluding hydrogens is 318 g/mol. The van der Waals surface area contributed by atoms with E-state index >= 15 is 0 Å². The molecular formula is C21H20F2N2. The maximum Gasteiger partial charge on any atom is 0.186 e. The number of hydrogen-bond donors (Lipinski definition) is 0. The van der Waals surface area contributed by atoms with E-state index in [1.807, 2.05) is 26.0 Å². The molecule has 2 nitrogen and oxygen atoms in total. The minimum absolute atomic E-state index is 0.145. The van der Waals surface area contributed by atoms with Gasteiger partial charge >= 0.3 is 0 Å². The third-order valence-electron chi connectivity index (χ3n) is 5.22. The summed E-state index contributed by atoms with van der Waals surface area (Å²) in [6.45, 7) is 4.87. The summed E-state index contributed by atoms with van der Waals surface area (Å²) < 4.78 is 27.9. The minimum atomic E-state index is -0.395. The van der Waals surface area contributed by atoms with Crippen LogP contribution in [0.3, 0.4) is 0 Å².